The van der Waals surface area contributed by atoms with Crippen molar-refractivity contribution < 1.29 is 4.74 Å². The maximum atomic E-state index is 5.83. The van der Waals surface area contributed by atoms with Gasteiger partial charge in [0.1, 0.15) is 5.75 Å². The number of rotatable bonds is 1. The van der Waals surface area contributed by atoms with Crippen molar-refractivity contribution in [2.24, 2.45) is 0 Å². The van der Waals surface area contributed by atoms with Gasteiger partial charge in [0.25, 0.3) is 0 Å². The third kappa shape index (κ3) is 1.85. The molecule has 4 aromatic rings. The third-order valence-corrected chi connectivity index (χ3v) is 4.65. The van der Waals surface area contributed by atoms with E-state index in [0.717, 1.165) is 24.3 Å². The highest BCUT2D eigenvalue weighted by Gasteiger charge is 2.17. The average molecular weight is 297 g/mol. The van der Waals surface area contributed by atoms with Gasteiger partial charge in [-0.1, -0.05) is 42.5 Å². The molecule has 0 saturated carbocycles. The maximum Gasteiger partial charge on any atom is 0.129 e. The van der Waals surface area contributed by atoms with Crippen molar-refractivity contribution in [1.29, 1.82) is 0 Å². The number of hydrogen-bond acceptors (Lipinski definition) is 2. The summed E-state index contributed by atoms with van der Waals surface area (Å²) >= 11 is 0. The van der Waals surface area contributed by atoms with E-state index in [-0.39, 0.29) is 0 Å². The molecule has 0 spiro atoms. The highest BCUT2D eigenvalue weighted by molar-refractivity contribution is 6.06. The monoisotopic (exact) mass is 297 g/mol. The molecule has 23 heavy (non-hydrogen) atoms. The predicted molar refractivity (Wildman–Crippen MR) is 93.9 cm³/mol. The molecule has 2 heteroatoms. The second kappa shape index (κ2) is 4.82. The van der Waals surface area contributed by atoms with Crippen LogP contribution in [0.3, 0.4) is 0 Å². The summed E-state index contributed by atoms with van der Waals surface area (Å²) < 4.78 is 5.83. The lowest BCUT2D eigenvalue weighted by molar-refractivity contribution is 0.318. The van der Waals surface area contributed by atoms with Crippen LogP contribution in [0.25, 0.3) is 32.8 Å². The van der Waals surface area contributed by atoms with Gasteiger partial charge in [-0.25, -0.2) is 0 Å². The number of fused-ring (bicyclic) bond motifs is 1. The fourth-order valence-electron chi connectivity index (χ4n) is 3.58. The van der Waals surface area contributed by atoms with Crippen molar-refractivity contribution in [1.82, 2.24) is 4.98 Å². The maximum absolute atomic E-state index is 5.83. The van der Waals surface area contributed by atoms with Gasteiger partial charge in [-0.2, -0.15) is 0 Å². The van der Waals surface area contributed by atoms with Crippen LogP contribution in [-0.4, -0.2) is 11.6 Å². The first kappa shape index (κ1) is 12.7. The Balaban J connectivity index is 1.90. The summed E-state index contributed by atoms with van der Waals surface area (Å²) in [4.78, 5) is 4.69. The molecule has 0 fully saturated rings. The quantitative estimate of drug-likeness (QED) is 0.494. The van der Waals surface area contributed by atoms with Gasteiger partial charge in [-0.05, 0) is 40.1 Å². The molecule has 1 aromatic heterocycles. The van der Waals surface area contributed by atoms with Gasteiger partial charge in [-0.3, -0.25) is 4.98 Å². The lowest BCUT2D eigenvalue weighted by Gasteiger charge is -2.19. The topological polar surface area (TPSA) is 22.1 Å². The van der Waals surface area contributed by atoms with Crippen LogP contribution in [0, 0.1) is 0 Å². The zero-order chi connectivity index (χ0) is 15.2. The van der Waals surface area contributed by atoms with Gasteiger partial charge >= 0.3 is 0 Å². The molecule has 0 aliphatic carbocycles. The first-order valence-electron chi connectivity index (χ1n) is 7.93. The number of ether oxygens (including phenoxy) is 1. The predicted octanol–water partition coefficient (Wildman–Crippen LogP) is 4.99. The molecule has 0 bridgehead atoms. The van der Waals surface area contributed by atoms with Gasteiger partial charge in [0.2, 0.25) is 0 Å². The summed E-state index contributed by atoms with van der Waals surface area (Å²) in [6, 6.07) is 21.3. The van der Waals surface area contributed by atoms with Crippen molar-refractivity contribution in [2.45, 2.75) is 6.42 Å². The van der Waals surface area contributed by atoms with E-state index in [9.17, 15) is 0 Å². The summed E-state index contributed by atoms with van der Waals surface area (Å²) in [7, 11) is 0. The Morgan fingerprint density at radius 3 is 2.74 bits per heavy atom. The lowest BCUT2D eigenvalue weighted by Crippen LogP contribution is -2.09. The molecule has 1 aliphatic heterocycles. The molecule has 0 saturated heterocycles. The minimum Gasteiger partial charge on any atom is -0.493 e. The van der Waals surface area contributed by atoms with Gasteiger partial charge in [0.15, 0.2) is 0 Å². The zero-order valence-electron chi connectivity index (χ0n) is 12.6. The van der Waals surface area contributed by atoms with Gasteiger partial charge < -0.3 is 4.74 Å². The molecule has 0 amide bonds. The standard InChI is InChI=1S/C21H15NO/c1-2-6-16-14(4-1)5-3-7-17(16)18-8-9-19-20-15(11-13-23-19)10-12-22-21(18)20/h1-10,12H,11,13H2. The average Bonchev–Trinajstić information content (AvgIpc) is 2.62. The third-order valence-electron chi connectivity index (χ3n) is 4.65. The molecule has 2 heterocycles. The van der Waals surface area contributed by atoms with E-state index in [0.29, 0.717) is 0 Å². The largest absolute Gasteiger partial charge is 0.493 e. The molecule has 0 N–H and O–H groups in total. The van der Waals surface area contributed by atoms with Crippen LogP contribution in [0.15, 0.2) is 66.9 Å². The van der Waals surface area contributed by atoms with E-state index >= 15 is 0 Å². The molecule has 0 unspecified atom stereocenters. The van der Waals surface area contributed by atoms with E-state index in [1.54, 1.807) is 0 Å². The van der Waals surface area contributed by atoms with E-state index < -0.39 is 0 Å². The van der Waals surface area contributed by atoms with Gasteiger partial charge in [0, 0.05) is 23.6 Å². The normalized spacial score (nSPS) is 13.2. The van der Waals surface area contributed by atoms with Crippen LogP contribution in [-0.2, 0) is 6.42 Å². The molecular formula is C21H15NO. The van der Waals surface area contributed by atoms with E-state index in [4.69, 9.17) is 4.74 Å². The van der Waals surface area contributed by atoms with E-state index in [2.05, 4.69) is 65.6 Å². The van der Waals surface area contributed by atoms with Crippen LogP contribution in [0.2, 0.25) is 0 Å². The van der Waals surface area contributed by atoms with Crippen molar-refractivity contribution in [3.8, 4) is 16.9 Å². The van der Waals surface area contributed by atoms with Crippen molar-refractivity contribution >= 4 is 21.7 Å². The number of aromatic nitrogens is 1. The van der Waals surface area contributed by atoms with Crippen LogP contribution in [0.4, 0.5) is 0 Å². The minimum atomic E-state index is 0.750. The minimum absolute atomic E-state index is 0.750. The van der Waals surface area contributed by atoms with Crippen LogP contribution < -0.4 is 4.74 Å². The second-order valence-corrected chi connectivity index (χ2v) is 5.93. The van der Waals surface area contributed by atoms with E-state index in [1.165, 1.54) is 32.8 Å². The highest BCUT2D eigenvalue weighted by Crippen LogP contribution is 2.39. The Morgan fingerprint density at radius 1 is 0.826 bits per heavy atom. The van der Waals surface area contributed by atoms with Crippen molar-refractivity contribution in [3.63, 3.8) is 0 Å². The molecule has 0 atom stereocenters. The summed E-state index contributed by atoms with van der Waals surface area (Å²) in [5, 5.41) is 3.68. The smallest absolute Gasteiger partial charge is 0.129 e. The Bertz CT molecular complexity index is 1040. The van der Waals surface area contributed by atoms with Crippen LogP contribution >= 0.6 is 0 Å². The number of pyridine rings is 1. The second-order valence-electron chi connectivity index (χ2n) is 5.93. The summed E-state index contributed by atoms with van der Waals surface area (Å²) in [6.07, 6.45) is 2.87. The molecule has 2 nitrogen and oxygen atoms in total. The van der Waals surface area contributed by atoms with Crippen molar-refractivity contribution in [3.05, 3.63) is 72.4 Å². The molecular weight excluding hydrogens is 282 g/mol. The first-order chi connectivity index (χ1) is 11.4. The molecule has 3 aromatic carbocycles. The summed E-state index contributed by atoms with van der Waals surface area (Å²) in [5.41, 5.74) is 4.77. The number of benzene rings is 3. The zero-order valence-corrected chi connectivity index (χ0v) is 12.6. The summed E-state index contributed by atoms with van der Waals surface area (Å²) in [6.45, 7) is 0.750. The molecule has 5 rings (SSSR count). The molecule has 110 valence electrons. The van der Waals surface area contributed by atoms with Gasteiger partial charge in [0.05, 0.1) is 12.1 Å². The number of hydrogen-bond donors (Lipinski definition) is 0. The lowest BCUT2D eigenvalue weighted by atomic mass is 9.93. The number of nitrogens with zero attached hydrogens (tertiary/aromatic N) is 1. The molecule has 1 aliphatic rings. The summed E-state index contributed by atoms with van der Waals surface area (Å²) in [5.74, 6) is 0.957. The van der Waals surface area contributed by atoms with Crippen LogP contribution in [0.5, 0.6) is 5.75 Å². The van der Waals surface area contributed by atoms with E-state index in [1.807, 2.05) is 6.20 Å². The Hall–Kier alpha value is -2.87. The Morgan fingerprint density at radius 2 is 1.74 bits per heavy atom. The van der Waals surface area contributed by atoms with Gasteiger partial charge in [-0.15, -0.1) is 0 Å². The fourth-order valence-corrected chi connectivity index (χ4v) is 3.58. The SMILES string of the molecule is c1ccc2c(-c3ccc4c5c(ccnc35)CCO4)cccc2c1. The fraction of sp³-hybridized carbons (Fsp3) is 0.0952. The highest BCUT2D eigenvalue weighted by atomic mass is 16.5. The first-order valence-corrected chi connectivity index (χ1v) is 7.93. The molecule has 0 radical (unpaired) electrons. The van der Waals surface area contributed by atoms with Crippen LogP contribution in [0.1, 0.15) is 5.56 Å². The Kier molecular flexibility index (Phi) is 2.65. The van der Waals surface area contributed by atoms with Crippen molar-refractivity contribution in [2.75, 3.05) is 6.61 Å². The Labute approximate surface area is 134 Å².